The molecule has 0 aromatic heterocycles. The molecule has 1 aromatic carbocycles. The standard InChI is InChI=1S/C23H28N6O9S/c1-4-27-10-11-28(18(32)17(27)31)22(37)25-13(12-8-6-5-7-9-12)16(30)24-14(20(33)34)19-29(26-38)15(21(35)36)23(2,3)39-19/h5-9,13-15,19H,4,10-11H2,1-3H3,(H,24,30)(H,25,37)(H,33,34)(H,35,36)/t13-,14?,15+,19?/m1/s1. The molecule has 2 heterocycles. The molecule has 2 unspecified atom stereocenters. The van der Waals surface area contributed by atoms with E-state index in [-0.39, 0.29) is 25.2 Å². The molecule has 39 heavy (non-hydrogen) atoms. The predicted molar refractivity (Wildman–Crippen MR) is 136 cm³/mol. The number of piperazine rings is 1. The number of benzene rings is 1. The summed E-state index contributed by atoms with van der Waals surface area (Å²) in [6, 6.07) is 1.89. The van der Waals surface area contributed by atoms with Gasteiger partial charge in [-0.05, 0) is 26.3 Å². The van der Waals surface area contributed by atoms with Crippen molar-refractivity contribution in [2.24, 2.45) is 5.29 Å². The highest BCUT2D eigenvalue weighted by molar-refractivity contribution is 8.01. The summed E-state index contributed by atoms with van der Waals surface area (Å²) in [5.74, 6) is -5.95. The number of nitroso groups, excluding NO2 is 1. The number of rotatable bonds is 9. The van der Waals surface area contributed by atoms with Gasteiger partial charge in [-0.2, -0.15) is 0 Å². The van der Waals surface area contributed by atoms with Crippen LogP contribution >= 0.6 is 11.8 Å². The van der Waals surface area contributed by atoms with E-state index in [1.807, 2.05) is 0 Å². The van der Waals surface area contributed by atoms with Gasteiger partial charge in [-0.15, -0.1) is 16.7 Å². The highest BCUT2D eigenvalue weighted by Crippen LogP contribution is 2.46. The Morgan fingerprint density at radius 3 is 2.26 bits per heavy atom. The molecule has 5 amide bonds. The molecule has 0 saturated carbocycles. The van der Waals surface area contributed by atoms with Gasteiger partial charge in [0.05, 0.1) is 5.29 Å². The molecule has 1 aromatic rings. The van der Waals surface area contributed by atoms with E-state index >= 15 is 0 Å². The molecule has 3 rings (SSSR count). The van der Waals surface area contributed by atoms with Gasteiger partial charge in [-0.3, -0.25) is 19.3 Å². The van der Waals surface area contributed by atoms with E-state index in [9.17, 15) is 43.9 Å². The Balaban J connectivity index is 1.88. The van der Waals surface area contributed by atoms with E-state index in [0.717, 1.165) is 11.8 Å². The van der Waals surface area contributed by atoms with Crippen LogP contribution in [0.4, 0.5) is 4.79 Å². The number of carboxylic acid groups (broad SMARTS) is 2. The predicted octanol–water partition coefficient (Wildman–Crippen LogP) is -0.0145. The summed E-state index contributed by atoms with van der Waals surface area (Å²) in [6.07, 6.45) is 0. The minimum Gasteiger partial charge on any atom is -0.480 e. The van der Waals surface area contributed by atoms with Gasteiger partial charge in [0.25, 0.3) is 0 Å². The van der Waals surface area contributed by atoms with E-state index in [0.29, 0.717) is 9.91 Å². The first-order chi connectivity index (χ1) is 18.3. The maximum absolute atomic E-state index is 13.4. The van der Waals surface area contributed by atoms with Crippen molar-refractivity contribution in [1.29, 1.82) is 0 Å². The van der Waals surface area contributed by atoms with Crippen LogP contribution in [0.15, 0.2) is 35.6 Å². The van der Waals surface area contributed by atoms with Gasteiger partial charge in [-0.25, -0.2) is 19.4 Å². The Hall–Kier alpha value is -4.21. The van der Waals surface area contributed by atoms with Gasteiger partial charge in [0, 0.05) is 24.4 Å². The molecule has 4 atom stereocenters. The lowest BCUT2D eigenvalue weighted by atomic mass is 10.0. The number of imide groups is 1. The van der Waals surface area contributed by atoms with Crippen LogP contribution in [0.3, 0.4) is 0 Å². The smallest absolute Gasteiger partial charge is 0.329 e. The molecule has 4 N–H and O–H groups in total. The number of thioether (sulfide) groups is 1. The summed E-state index contributed by atoms with van der Waals surface area (Å²) in [5.41, 5.74) is 0.228. The number of nitrogens with zero attached hydrogens (tertiary/aromatic N) is 4. The molecule has 2 aliphatic rings. The quantitative estimate of drug-likeness (QED) is 0.232. The fraction of sp³-hybridized carbons (Fsp3) is 0.478. The zero-order chi connectivity index (χ0) is 29.1. The SMILES string of the molecule is CCN1CCN(C(=O)N[C@@H](C(=O)NC(C(=O)O)C2SC(C)(C)[C@H](C(=O)O)N2N=O)c2ccccc2)C(=O)C1=O. The van der Waals surface area contributed by atoms with Crippen molar-refractivity contribution in [3.05, 3.63) is 40.8 Å². The van der Waals surface area contributed by atoms with Gasteiger partial charge in [0.1, 0.15) is 11.4 Å². The van der Waals surface area contributed by atoms with Crippen LogP contribution in [0.25, 0.3) is 0 Å². The molecule has 0 spiro atoms. The number of carbonyl (C=O) groups excluding carboxylic acids is 4. The topological polar surface area (TPSA) is 206 Å². The number of hydrogen-bond acceptors (Lipinski definition) is 9. The molecule has 2 aliphatic heterocycles. The average Bonchev–Trinajstić information content (AvgIpc) is 3.17. The van der Waals surface area contributed by atoms with Crippen LogP contribution in [0.2, 0.25) is 0 Å². The third-order valence-electron chi connectivity index (χ3n) is 6.38. The van der Waals surface area contributed by atoms with Crippen molar-refractivity contribution in [3.8, 4) is 0 Å². The number of carboxylic acids is 2. The fourth-order valence-corrected chi connectivity index (χ4v) is 5.98. The second-order valence-corrected chi connectivity index (χ2v) is 11.0. The van der Waals surface area contributed by atoms with Crippen LogP contribution in [0.1, 0.15) is 32.4 Å². The lowest BCUT2D eigenvalue weighted by Gasteiger charge is -2.33. The summed E-state index contributed by atoms with van der Waals surface area (Å²) in [6.45, 7) is 4.94. The van der Waals surface area contributed by atoms with E-state index in [4.69, 9.17) is 0 Å². The van der Waals surface area contributed by atoms with Crippen molar-refractivity contribution in [3.63, 3.8) is 0 Å². The third kappa shape index (κ3) is 5.94. The van der Waals surface area contributed by atoms with Gasteiger partial charge < -0.3 is 25.7 Å². The molecule has 0 radical (unpaired) electrons. The summed E-state index contributed by atoms with van der Waals surface area (Å²) in [7, 11) is 0. The Morgan fingerprint density at radius 2 is 1.72 bits per heavy atom. The third-order valence-corrected chi connectivity index (χ3v) is 7.94. The Labute approximate surface area is 226 Å². The van der Waals surface area contributed by atoms with Crippen LogP contribution < -0.4 is 10.6 Å². The van der Waals surface area contributed by atoms with Gasteiger partial charge in [0.15, 0.2) is 12.1 Å². The summed E-state index contributed by atoms with van der Waals surface area (Å²) in [5, 5.41) is 26.1. The molecule has 0 aliphatic carbocycles. The average molecular weight is 565 g/mol. The lowest BCUT2D eigenvalue weighted by molar-refractivity contribution is -0.153. The first-order valence-corrected chi connectivity index (χ1v) is 12.7. The summed E-state index contributed by atoms with van der Waals surface area (Å²) >= 11 is 0.836. The zero-order valence-electron chi connectivity index (χ0n) is 21.3. The van der Waals surface area contributed by atoms with Crippen molar-refractivity contribution in [1.82, 2.24) is 25.4 Å². The van der Waals surface area contributed by atoms with Crippen molar-refractivity contribution < 1.29 is 39.0 Å². The number of amides is 5. The number of nitrogens with one attached hydrogen (secondary N) is 2. The van der Waals surface area contributed by atoms with Crippen LogP contribution in [0, 0.1) is 4.91 Å². The van der Waals surface area contributed by atoms with Gasteiger partial charge >= 0.3 is 29.8 Å². The maximum Gasteiger partial charge on any atom is 0.329 e. The van der Waals surface area contributed by atoms with E-state index < -0.39 is 63.9 Å². The second kappa shape index (κ2) is 11.7. The van der Waals surface area contributed by atoms with E-state index in [1.54, 1.807) is 25.1 Å². The molecule has 15 nitrogen and oxygen atoms in total. The number of hydrogen-bond donors (Lipinski definition) is 4. The lowest BCUT2D eigenvalue weighted by Crippen LogP contribution is -2.60. The first kappa shape index (κ1) is 29.3. The molecule has 2 saturated heterocycles. The summed E-state index contributed by atoms with van der Waals surface area (Å²) < 4.78 is -1.15. The largest absolute Gasteiger partial charge is 0.480 e. The van der Waals surface area contributed by atoms with Gasteiger partial charge in [-0.1, -0.05) is 30.3 Å². The minimum atomic E-state index is -1.82. The number of urea groups is 1. The van der Waals surface area contributed by atoms with Gasteiger partial charge in [0.2, 0.25) is 5.91 Å². The Bertz CT molecular complexity index is 1180. The maximum atomic E-state index is 13.4. The number of carbonyl (C=O) groups is 6. The highest BCUT2D eigenvalue weighted by Gasteiger charge is 2.56. The molecule has 16 heteroatoms. The Morgan fingerprint density at radius 1 is 1.08 bits per heavy atom. The fourth-order valence-electron chi connectivity index (χ4n) is 4.43. The van der Waals surface area contributed by atoms with Crippen LogP contribution in [-0.4, -0.2) is 103 Å². The van der Waals surface area contributed by atoms with Crippen molar-refractivity contribution in [2.75, 3.05) is 19.6 Å². The van der Waals surface area contributed by atoms with Crippen LogP contribution in [0.5, 0.6) is 0 Å². The molecule has 0 bridgehead atoms. The normalized spacial score (nSPS) is 22.2. The van der Waals surface area contributed by atoms with E-state index in [1.165, 1.54) is 30.9 Å². The molecule has 210 valence electrons. The highest BCUT2D eigenvalue weighted by atomic mass is 32.2. The van der Waals surface area contributed by atoms with Crippen LogP contribution in [-0.2, 0) is 24.0 Å². The molecular weight excluding hydrogens is 536 g/mol. The van der Waals surface area contributed by atoms with Crippen molar-refractivity contribution in [2.45, 2.75) is 49.0 Å². The Kier molecular flexibility index (Phi) is 8.78. The molecule has 2 fully saturated rings. The zero-order valence-corrected chi connectivity index (χ0v) is 22.1. The monoisotopic (exact) mass is 564 g/mol. The first-order valence-electron chi connectivity index (χ1n) is 11.9. The number of aliphatic carboxylic acids is 2. The molecular formula is C23H28N6O9S. The summed E-state index contributed by atoms with van der Waals surface area (Å²) in [4.78, 5) is 88.7. The second-order valence-electron chi connectivity index (χ2n) is 9.27. The van der Waals surface area contributed by atoms with E-state index in [2.05, 4.69) is 15.9 Å². The number of likely N-dealkylation sites (N-methyl/N-ethyl adjacent to an activating group) is 1. The van der Waals surface area contributed by atoms with Crippen molar-refractivity contribution >= 4 is 47.5 Å². The minimum absolute atomic E-state index is 0.103.